The topological polar surface area (TPSA) is 64.2 Å². The first-order valence-corrected chi connectivity index (χ1v) is 10.7. The standard InChI is InChI=1S/C22H21N5OS/c1-13-7-8-16(10-14(13)2)27-21(17-11-29-12-18(17)25-27)24-22(28)20-15(3)23-19-6-4-5-9-26(19)20/h4-10H,11-12H2,1-3H3,(H,24,28). The molecule has 0 aliphatic carbocycles. The highest BCUT2D eigenvalue weighted by molar-refractivity contribution is 7.98. The minimum absolute atomic E-state index is 0.175. The normalized spacial score (nSPS) is 13.1. The molecule has 0 radical (unpaired) electrons. The number of anilines is 1. The number of carbonyl (C=O) groups is 1. The number of hydrogen-bond donors (Lipinski definition) is 1. The molecule has 0 spiro atoms. The first-order valence-electron chi connectivity index (χ1n) is 9.54. The molecule has 0 saturated heterocycles. The van der Waals surface area contributed by atoms with Gasteiger partial charge in [0.25, 0.3) is 5.91 Å². The van der Waals surface area contributed by atoms with Crippen molar-refractivity contribution in [2.75, 3.05) is 5.32 Å². The maximum Gasteiger partial charge on any atom is 0.275 e. The lowest BCUT2D eigenvalue weighted by Crippen LogP contribution is -2.19. The van der Waals surface area contributed by atoms with Gasteiger partial charge in [0.05, 0.1) is 17.1 Å². The van der Waals surface area contributed by atoms with Crippen LogP contribution in [0.1, 0.15) is 38.6 Å². The number of aromatic nitrogens is 4. The van der Waals surface area contributed by atoms with E-state index in [4.69, 9.17) is 5.10 Å². The predicted molar refractivity (Wildman–Crippen MR) is 116 cm³/mol. The van der Waals surface area contributed by atoms with Crippen molar-refractivity contribution in [1.29, 1.82) is 0 Å². The lowest BCUT2D eigenvalue weighted by atomic mass is 10.1. The molecular weight excluding hydrogens is 382 g/mol. The molecule has 0 unspecified atom stereocenters. The molecule has 4 aromatic rings. The Balaban J connectivity index is 1.60. The van der Waals surface area contributed by atoms with Crippen LogP contribution in [0, 0.1) is 20.8 Å². The van der Waals surface area contributed by atoms with Gasteiger partial charge in [-0.3, -0.25) is 9.20 Å². The maximum absolute atomic E-state index is 13.3. The summed E-state index contributed by atoms with van der Waals surface area (Å²) in [6.07, 6.45) is 1.87. The molecule has 1 N–H and O–H groups in total. The summed E-state index contributed by atoms with van der Waals surface area (Å²) in [5.41, 5.74) is 7.55. The van der Waals surface area contributed by atoms with Gasteiger partial charge in [0.15, 0.2) is 0 Å². The van der Waals surface area contributed by atoms with Gasteiger partial charge in [-0.25, -0.2) is 9.67 Å². The van der Waals surface area contributed by atoms with E-state index in [0.717, 1.165) is 39.9 Å². The third-order valence-electron chi connectivity index (χ3n) is 5.44. The number of amides is 1. The minimum atomic E-state index is -0.175. The number of hydrogen-bond acceptors (Lipinski definition) is 4. The van der Waals surface area contributed by atoms with Crippen LogP contribution in [-0.4, -0.2) is 25.1 Å². The third-order valence-corrected chi connectivity index (χ3v) is 6.41. The average Bonchev–Trinajstić information content (AvgIpc) is 3.37. The van der Waals surface area contributed by atoms with Crippen LogP contribution in [0.2, 0.25) is 0 Å². The van der Waals surface area contributed by atoms with Crippen LogP contribution in [-0.2, 0) is 11.5 Å². The second kappa shape index (κ2) is 6.77. The number of thioether (sulfide) groups is 1. The zero-order valence-electron chi connectivity index (χ0n) is 16.6. The summed E-state index contributed by atoms with van der Waals surface area (Å²) in [5.74, 6) is 2.29. The van der Waals surface area contributed by atoms with Crippen LogP contribution in [0.3, 0.4) is 0 Å². The van der Waals surface area contributed by atoms with Crippen molar-refractivity contribution in [3.05, 3.63) is 76.4 Å². The lowest BCUT2D eigenvalue weighted by molar-refractivity contribution is 0.102. The Bertz CT molecular complexity index is 1270. The van der Waals surface area contributed by atoms with E-state index in [2.05, 4.69) is 36.3 Å². The fraction of sp³-hybridized carbons (Fsp3) is 0.227. The molecule has 1 aromatic carbocycles. The molecular formula is C22H21N5OS. The van der Waals surface area contributed by atoms with Crippen LogP contribution in [0.15, 0.2) is 42.6 Å². The first kappa shape index (κ1) is 18.0. The largest absolute Gasteiger partial charge is 0.305 e. The highest BCUT2D eigenvalue weighted by atomic mass is 32.2. The molecule has 1 aliphatic heterocycles. The van der Waals surface area contributed by atoms with Crippen molar-refractivity contribution in [2.24, 2.45) is 0 Å². The predicted octanol–water partition coefficient (Wildman–Crippen LogP) is 4.44. The van der Waals surface area contributed by atoms with E-state index in [1.54, 1.807) is 0 Å². The molecule has 146 valence electrons. The van der Waals surface area contributed by atoms with Crippen molar-refractivity contribution in [3.63, 3.8) is 0 Å². The van der Waals surface area contributed by atoms with Crippen LogP contribution in [0.4, 0.5) is 5.82 Å². The number of aryl methyl sites for hydroxylation is 3. The highest BCUT2D eigenvalue weighted by Crippen LogP contribution is 2.36. The molecule has 1 aliphatic rings. The number of pyridine rings is 1. The monoisotopic (exact) mass is 403 g/mol. The zero-order chi connectivity index (χ0) is 20.1. The van der Waals surface area contributed by atoms with Gasteiger partial charge >= 0.3 is 0 Å². The van der Waals surface area contributed by atoms with Crippen LogP contribution in [0.5, 0.6) is 0 Å². The minimum Gasteiger partial charge on any atom is -0.305 e. The Labute approximate surface area is 173 Å². The van der Waals surface area contributed by atoms with E-state index in [0.29, 0.717) is 11.4 Å². The van der Waals surface area contributed by atoms with Gasteiger partial charge < -0.3 is 5.32 Å². The summed E-state index contributed by atoms with van der Waals surface area (Å²) in [6, 6.07) is 12.0. The van der Waals surface area contributed by atoms with Gasteiger partial charge in [-0.15, -0.1) is 0 Å². The Morgan fingerprint density at radius 2 is 1.97 bits per heavy atom. The first-order chi connectivity index (χ1) is 14.0. The molecule has 4 heterocycles. The Kier molecular flexibility index (Phi) is 4.20. The number of rotatable bonds is 3. The van der Waals surface area contributed by atoms with Gasteiger partial charge in [0.1, 0.15) is 17.2 Å². The van der Waals surface area contributed by atoms with Gasteiger partial charge in [-0.1, -0.05) is 12.1 Å². The van der Waals surface area contributed by atoms with Gasteiger partial charge in [-0.05, 0) is 56.2 Å². The number of carbonyl (C=O) groups excluding carboxylic acids is 1. The quantitative estimate of drug-likeness (QED) is 0.549. The highest BCUT2D eigenvalue weighted by Gasteiger charge is 2.26. The van der Waals surface area contributed by atoms with Crippen molar-refractivity contribution < 1.29 is 4.79 Å². The molecule has 3 aromatic heterocycles. The van der Waals surface area contributed by atoms with Gasteiger partial charge in [0, 0.05) is 23.3 Å². The van der Waals surface area contributed by atoms with E-state index in [1.165, 1.54) is 11.1 Å². The summed E-state index contributed by atoms with van der Waals surface area (Å²) in [7, 11) is 0. The number of nitrogens with one attached hydrogen (secondary N) is 1. The van der Waals surface area contributed by atoms with E-state index in [1.807, 2.05) is 58.2 Å². The van der Waals surface area contributed by atoms with E-state index in [9.17, 15) is 4.79 Å². The summed E-state index contributed by atoms with van der Waals surface area (Å²) in [4.78, 5) is 17.8. The number of nitrogens with zero attached hydrogens (tertiary/aromatic N) is 4. The average molecular weight is 404 g/mol. The Morgan fingerprint density at radius 3 is 2.79 bits per heavy atom. The van der Waals surface area contributed by atoms with Crippen LogP contribution >= 0.6 is 11.8 Å². The molecule has 29 heavy (non-hydrogen) atoms. The summed E-state index contributed by atoms with van der Waals surface area (Å²) >= 11 is 1.82. The second-order valence-corrected chi connectivity index (χ2v) is 8.36. The molecule has 0 saturated carbocycles. The van der Waals surface area contributed by atoms with Crippen LogP contribution in [0.25, 0.3) is 11.3 Å². The van der Waals surface area contributed by atoms with Crippen molar-refractivity contribution in [3.8, 4) is 5.69 Å². The van der Waals surface area contributed by atoms with Crippen molar-refractivity contribution >= 4 is 29.1 Å². The molecule has 0 fully saturated rings. The van der Waals surface area contributed by atoms with E-state index < -0.39 is 0 Å². The number of imidazole rings is 1. The Hall–Kier alpha value is -3.06. The summed E-state index contributed by atoms with van der Waals surface area (Å²) < 4.78 is 3.70. The van der Waals surface area contributed by atoms with Crippen molar-refractivity contribution in [2.45, 2.75) is 32.3 Å². The molecule has 0 atom stereocenters. The van der Waals surface area contributed by atoms with Gasteiger partial charge in [0.2, 0.25) is 0 Å². The van der Waals surface area contributed by atoms with E-state index >= 15 is 0 Å². The van der Waals surface area contributed by atoms with Crippen LogP contribution < -0.4 is 5.32 Å². The summed E-state index contributed by atoms with van der Waals surface area (Å²) in [5, 5.41) is 7.96. The van der Waals surface area contributed by atoms with E-state index in [-0.39, 0.29) is 5.91 Å². The fourth-order valence-corrected chi connectivity index (χ4v) is 4.77. The SMILES string of the molecule is Cc1ccc(-n2nc3c(c2NC(=O)c2c(C)nc4ccccn24)CSC3)cc1C. The lowest BCUT2D eigenvalue weighted by Gasteiger charge is -2.12. The number of benzene rings is 1. The molecule has 5 rings (SSSR count). The Morgan fingerprint density at radius 1 is 1.10 bits per heavy atom. The fourth-order valence-electron chi connectivity index (χ4n) is 3.74. The third kappa shape index (κ3) is 2.93. The summed E-state index contributed by atoms with van der Waals surface area (Å²) in [6.45, 7) is 6.05. The molecule has 6 nitrogen and oxygen atoms in total. The van der Waals surface area contributed by atoms with Gasteiger partial charge in [-0.2, -0.15) is 16.9 Å². The smallest absolute Gasteiger partial charge is 0.275 e. The van der Waals surface area contributed by atoms with Crippen molar-refractivity contribution in [1.82, 2.24) is 19.2 Å². The maximum atomic E-state index is 13.3. The second-order valence-electron chi connectivity index (χ2n) is 7.38. The zero-order valence-corrected chi connectivity index (χ0v) is 17.4. The molecule has 0 bridgehead atoms. The molecule has 1 amide bonds. The number of fused-ring (bicyclic) bond motifs is 2. The molecule has 7 heteroatoms.